The molecule has 2 N–H and O–H groups in total. The highest BCUT2D eigenvalue weighted by Crippen LogP contribution is 2.22. The van der Waals surface area contributed by atoms with Crippen LogP contribution in [-0.4, -0.2) is 57.4 Å². The summed E-state index contributed by atoms with van der Waals surface area (Å²) in [6, 6.07) is 7.51. The van der Waals surface area contributed by atoms with Crippen LogP contribution in [0.1, 0.15) is 58.4 Å². The maximum atomic E-state index is 12.9. The number of hydrogen-bond donors (Lipinski definition) is 2. The van der Waals surface area contributed by atoms with Gasteiger partial charge in [0.15, 0.2) is 6.54 Å². The molecule has 0 saturated carbocycles. The highest BCUT2D eigenvalue weighted by molar-refractivity contribution is 7.89. The number of hydrogen-bond acceptors (Lipinski definition) is 3. The molecule has 0 spiro atoms. The van der Waals surface area contributed by atoms with Gasteiger partial charge in [0, 0.05) is 6.04 Å². The zero-order valence-corrected chi connectivity index (χ0v) is 18.5. The Bertz CT molecular complexity index is 722. The number of rotatable bonds is 9. The average molecular weight is 411 g/mol. The summed E-state index contributed by atoms with van der Waals surface area (Å²) in [6.45, 7) is 11.0. The van der Waals surface area contributed by atoms with E-state index < -0.39 is 10.0 Å². The van der Waals surface area contributed by atoms with Gasteiger partial charge < -0.3 is 10.2 Å². The largest absolute Gasteiger partial charge is 0.349 e. The maximum Gasteiger partial charge on any atom is 0.275 e. The van der Waals surface area contributed by atoms with Gasteiger partial charge in [-0.3, -0.25) is 4.79 Å². The van der Waals surface area contributed by atoms with Crippen molar-refractivity contribution in [3.63, 3.8) is 0 Å². The van der Waals surface area contributed by atoms with Gasteiger partial charge in [0.1, 0.15) is 0 Å². The number of carbonyl (C=O) groups is 1. The first-order chi connectivity index (χ1) is 13.3. The number of carbonyl (C=O) groups excluding carboxylic acids is 1. The molecule has 158 valence electrons. The van der Waals surface area contributed by atoms with E-state index in [4.69, 9.17) is 0 Å². The van der Waals surface area contributed by atoms with Crippen LogP contribution in [0.15, 0.2) is 29.2 Å². The number of benzene rings is 1. The van der Waals surface area contributed by atoms with E-state index in [1.54, 1.807) is 16.4 Å². The van der Waals surface area contributed by atoms with Crippen molar-refractivity contribution in [2.75, 3.05) is 32.7 Å². The zero-order valence-electron chi connectivity index (χ0n) is 17.7. The minimum atomic E-state index is -3.47. The smallest absolute Gasteiger partial charge is 0.275 e. The first-order valence-corrected chi connectivity index (χ1v) is 12.0. The molecule has 0 aliphatic carbocycles. The molecule has 1 amide bonds. The van der Waals surface area contributed by atoms with E-state index in [0.717, 1.165) is 24.2 Å². The number of quaternary nitrogens is 1. The van der Waals surface area contributed by atoms with Crippen molar-refractivity contribution in [1.82, 2.24) is 9.62 Å². The van der Waals surface area contributed by atoms with Crippen LogP contribution in [0, 0.1) is 0 Å². The van der Waals surface area contributed by atoms with E-state index in [1.807, 2.05) is 12.1 Å². The van der Waals surface area contributed by atoms with Crippen LogP contribution in [-0.2, 0) is 14.8 Å². The molecule has 1 heterocycles. The topological polar surface area (TPSA) is 70.9 Å². The van der Waals surface area contributed by atoms with Crippen LogP contribution in [0.25, 0.3) is 0 Å². The third kappa shape index (κ3) is 5.78. The number of piperazine rings is 1. The molecule has 0 radical (unpaired) electrons. The summed E-state index contributed by atoms with van der Waals surface area (Å²) < 4.78 is 27.4. The minimum Gasteiger partial charge on any atom is -0.349 e. The summed E-state index contributed by atoms with van der Waals surface area (Å²) >= 11 is 0. The van der Waals surface area contributed by atoms with Gasteiger partial charge in [0.25, 0.3) is 5.91 Å². The molecule has 1 aromatic carbocycles. The lowest BCUT2D eigenvalue weighted by molar-refractivity contribution is -0.895. The molecule has 0 bridgehead atoms. The summed E-state index contributed by atoms with van der Waals surface area (Å²) in [5.41, 5.74) is 1.17. The first kappa shape index (κ1) is 22.8. The van der Waals surface area contributed by atoms with E-state index in [-0.39, 0.29) is 11.9 Å². The predicted octanol–water partition coefficient (Wildman–Crippen LogP) is 1.39. The van der Waals surface area contributed by atoms with Crippen LogP contribution >= 0.6 is 0 Å². The summed E-state index contributed by atoms with van der Waals surface area (Å²) in [5, 5.41) is 3.06. The molecular formula is C21H36N3O3S+. The Morgan fingerprint density at radius 3 is 2.14 bits per heavy atom. The Morgan fingerprint density at radius 1 is 1.07 bits per heavy atom. The van der Waals surface area contributed by atoms with Gasteiger partial charge in [-0.1, -0.05) is 39.8 Å². The lowest BCUT2D eigenvalue weighted by Crippen LogP contribution is -3.15. The van der Waals surface area contributed by atoms with Crippen LogP contribution in [0.2, 0.25) is 0 Å². The minimum absolute atomic E-state index is 0.0561. The third-order valence-electron chi connectivity index (χ3n) is 5.89. The fourth-order valence-electron chi connectivity index (χ4n) is 3.57. The standard InChI is InChI=1S/C21H35N3O3S/c1-5-17(4)18-8-10-20(11-9-18)28(26,27)24-14-12-23(13-15-24)16-21(25)22-19(6-2)7-3/h8-11,17,19H,5-7,12-16H2,1-4H3,(H,22,25)/p+1/t17-/m0/s1. The zero-order chi connectivity index (χ0) is 20.7. The third-order valence-corrected chi connectivity index (χ3v) is 7.80. The van der Waals surface area contributed by atoms with Crippen molar-refractivity contribution >= 4 is 15.9 Å². The second kappa shape index (κ2) is 10.4. The molecule has 1 aliphatic rings. The summed E-state index contributed by atoms with van der Waals surface area (Å²) in [4.78, 5) is 13.7. The molecule has 1 aliphatic heterocycles. The molecule has 28 heavy (non-hydrogen) atoms. The maximum absolute atomic E-state index is 12.9. The van der Waals surface area contributed by atoms with Gasteiger partial charge in [0.05, 0.1) is 31.1 Å². The van der Waals surface area contributed by atoms with E-state index in [1.165, 1.54) is 5.56 Å². The SMILES string of the molecule is CCC(CC)NC(=O)C[NH+]1CCN(S(=O)(=O)c2ccc([C@@H](C)CC)cc2)CC1. The Labute approximate surface area is 170 Å². The Morgan fingerprint density at radius 2 is 1.64 bits per heavy atom. The monoisotopic (exact) mass is 410 g/mol. The highest BCUT2D eigenvalue weighted by Gasteiger charge is 2.31. The molecule has 1 atom stereocenters. The van der Waals surface area contributed by atoms with Crippen LogP contribution in [0.4, 0.5) is 0 Å². The summed E-state index contributed by atoms with van der Waals surface area (Å²) in [6.07, 6.45) is 2.89. The quantitative estimate of drug-likeness (QED) is 0.646. The van der Waals surface area contributed by atoms with Crippen molar-refractivity contribution < 1.29 is 18.1 Å². The van der Waals surface area contributed by atoms with E-state index in [0.29, 0.717) is 43.5 Å². The molecule has 1 aromatic rings. The fraction of sp³-hybridized carbons (Fsp3) is 0.667. The van der Waals surface area contributed by atoms with E-state index in [2.05, 4.69) is 33.0 Å². The summed E-state index contributed by atoms with van der Waals surface area (Å²) in [7, 11) is -3.47. The van der Waals surface area contributed by atoms with Gasteiger partial charge >= 0.3 is 0 Å². The Kier molecular flexibility index (Phi) is 8.46. The van der Waals surface area contributed by atoms with Crippen molar-refractivity contribution in [3.05, 3.63) is 29.8 Å². The number of sulfonamides is 1. The van der Waals surface area contributed by atoms with Crippen LogP contribution in [0.3, 0.4) is 0 Å². The second-order valence-electron chi connectivity index (χ2n) is 7.79. The average Bonchev–Trinajstić information content (AvgIpc) is 2.71. The van der Waals surface area contributed by atoms with Gasteiger partial charge in [-0.15, -0.1) is 0 Å². The van der Waals surface area contributed by atoms with Gasteiger partial charge in [0.2, 0.25) is 10.0 Å². The van der Waals surface area contributed by atoms with Gasteiger partial charge in [-0.2, -0.15) is 4.31 Å². The van der Waals surface area contributed by atoms with Crippen molar-refractivity contribution in [2.24, 2.45) is 0 Å². The van der Waals surface area contributed by atoms with Crippen molar-refractivity contribution in [1.29, 1.82) is 0 Å². The second-order valence-corrected chi connectivity index (χ2v) is 9.73. The predicted molar refractivity (Wildman–Crippen MR) is 112 cm³/mol. The Balaban J connectivity index is 1.92. The summed E-state index contributed by atoms with van der Waals surface area (Å²) in [5.74, 6) is 0.482. The lowest BCUT2D eigenvalue weighted by Gasteiger charge is -2.31. The number of nitrogens with one attached hydrogen (secondary N) is 2. The first-order valence-electron chi connectivity index (χ1n) is 10.5. The number of nitrogens with zero attached hydrogens (tertiary/aromatic N) is 1. The van der Waals surface area contributed by atoms with Crippen molar-refractivity contribution in [2.45, 2.75) is 63.8 Å². The normalized spacial score (nSPS) is 17.6. The molecule has 7 heteroatoms. The van der Waals surface area contributed by atoms with Crippen molar-refractivity contribution in [3.8, 4) is 0 Å². The van der Waals surface area contributed by atoms with Gasteiger partial charge in [-0.05, 0) is 42.9 Å². The molecular weight excluding hydrogens is 374 g/mol. The highest BCUT2D eigenvalue weighted by atomic mass is 32.2. The van der Waals surface area contributed by atoms with Gasteiger partial charge in [-0.25, -0.2) is 8.42 Å². The molecule has 1 saturated heterocycles. The molecule has 0 unspecified atom stereocenters. The molecule has 0 aromatic heterocycles. The number of amides is 1. The lowest BCUT2D eigenvalue weighted by atomic mass is 9.99. The molecule has 1 fully saturated rings. The van der Waals surface area contributed by atoms with E-state index >= 15 is 0 Å². The van der Waals surface area contributed by atoms with E-state index in [9.17, 15) is 13.2 Å². The van der Waals surface area contributed by atoms with Crippen LogP contribution < -0.4 is 10.2 Å². The Hall–Kier alpha value is -1.44. The van der Waals surface area contributed by atoms with Crippen LogP contribution in [0.5, 0.6) is 0 Å². The molecule has 2 rings (SSSR count). The fourth-order valence-corrected chi connectivity index (χ4v) is 5.01. The molecule has 6 nitrogen and oxygen atoms in total.